The quantitative estimate of drug-likeness (QED) is 0.456. The van der Waals surface area contributed by atoms with Crippen LogP contribution in [0.5, 0.6) is 0 Å². The number of nitrogens with one attached hydrogen (secondary N) is 1. The molecule has 0 aromatic heterocycles. The molecule has 0 spiro atoms. The Bertz CT molecular complexity index is 224. The zero-order valence-corrected chi connectivity index (χ0v) is 10.0. The lowest BCUT2D eigenvalue weighted by atomic mass is 9.87. The third-order valence-corrected chi connectivity index (χ3v) is 2.76. The Balaban J connectivity index is 4.24. The molecule has 0 amide bonds. The molecule has 0 saturated carbocycles. The summed E-state index contributed by atoms with van der Waals surface area (Å²) in [6, 6.07) is 2.09. The number of hydrogen-bond donors (Lipinski definition) is 4. The van der Waals surface area contributed by atoms with E-state index in [0.29, 0.717) is 13.0 Å². The van der Waals surface area contributed by atoms with Crippen molar-refractivity contribution in [2.45, 2.75) is 32.2 Å². The summed E-state index contributed by atoms with van der Waals surface area (Å²) in [5.74, 6) is 0. The van der Waals surface area contributed by atoms with Gasteiger partial charge in [0.25, 0.3) is 0 Å². The van der Waals surface area contributed by atoms with E-state index in [1.807, 2.05) is 13.8 Å². The van der Waals surface area contributed by atoms with Gasteiger partial charge in [-0.2, -0.15) is 5.26 Å². The van der Waals surface area contributed by atoms with Gasteiger partial charge >= 0.3 is 0 Å². The van der Waals surface area contributed by atoms with Crippen LogP contribution in [0.2, 0.25) is 0 Å². The fourth-order valence-corrected chi connectivity index (χ4v) is 1.23. The maximum absolute atomic E-state index is 9.11. The summed E-state index contributed by atoms with van der Waals surface area (Å²) in [5, 5.41) is 38.8. The highest BCUT2D eigenvalue weighted by Gasteiger charge is 2.30. The van der Waals surface area contributed by atoms with Crippen molar-refractivity contribution in [3.63, 3.8) is 0 Å². The minimum Gasteiger partial charge on any atom is -0.394 e. The van der Waals surface area contributed by atoms with Gasteiger partial charge < -0.3 is 20.6 Å². The van der Waals surface area contributed by atoms with E-state index in [4.69, 9.17) is 20.6 Å². The van der Waals surface area contributed by atoms with Gasteiger partial charge in [-0.05, 0) is 11.8 Å². The van der Waals surface area contributed by atoms with Crippen LogP contribution in [0.25, 0.3) is 0 Å². The third kappa shape index (κ3) is 4.90. The molecular formula is C11H22N2O3. The first-order chi connectivity index (χ1) is 7.45. The SMILES string of the molecule is CC(C)(CCC#N)CNC(CO)(CO)CO. The zero-order chi connectivity index (χ0) is 12.7. The Morgan fingerprint density at radius 2 is 1.62 bits per heavy atom. The monoisotopic (exact) mass is 230 g/mol. The minimum atomic E-state index is -1.04. The second kappa shape index (κ2) is 6.81. The predicted octanol–water partition coefficient (Wildman–Crippen LogP) is -0.378. The van der Waals surface area contributed by atoms with Gasteiger partial charge in [0.15, 0.2) is 0 Å². The molecule has 0 heterocycles. The first-order valence-corrected chi connectivity index (χ1v) is 5.40. The molecule has 0 bridgehead atoms. The lowest BCUT2D eigenvalue weighted by Gasteiger charge is -2.34. The lowest BCUT2D eigenvalue weighted by molar-refractivity contribution is 0.0353. The number of nitrogens with zero attached hydrogens (tertiary/aromatic N) is 1. The highest BCUT2D eigenvalue weighted by atomic mass is 16.3. The van der Waals surface area contributed by atoms with E-state index in [9.17, 15) is 0 Å². The van der Waals surface area contributed by atoms with E-state index in [2.05, 4.69) is 11.4 Å². The van der Waals surface area contributed by atoms with E-state index in [0.717, 1.165) is 6.42 Å². The Morgan fingerprint density at radius 3 is 2.00 bits per heavy atom. The van der Waals surface area contributed by atoms with Crippen molar-refractivity contribution < 1.29 is 15.3 Å². The largest absolute Gasteiger partial charge is 0.394 e. The molecule has 0 radical (unpaired) electrons. The average molecular weight is 230 g/mol. The van der Waals surface area contributed by atoms with Gasteiger partial charge in [-0.25, -0.2) is 0 Å². The number of aliphatic hydroxyl groups is 3. The van der Waals surface area contributed by atoms with Crippen LogP contribution >= 0.6 is 0 Å². The fraction of sp³-hybridized carbons (Fsp3) is 0.909. The van der Waals surface area contributed by atoms with Crippen molar-refractivity contribution in [1.29, 1.82) is 5.26 Å². The molecule has 4 N–H and O–H groups in total. The van der Waals surface area contributed by atoms with E-state index in [1.54, 1.807) is 0 Å². The van der Waals surface area contributed by atoms with Crippen molar-refractivity contribution >= 4 is 0 Å². The number of hydrogen-bond acceptors (Lipinski definition) is 5. The van der Waals surface area contributed by atoms with Crippen LogP contribution in [0.3, 0.4) is 0 Å². The van der Waals surface area contributed by atoms with E-state index in [-0.39, 0.29) is 25.2 Å². The molecule has 5 nitrogen and oxygen atoms in total. The van der Waals surface area contributed by atoms with Gasteiger partial charge in [0.2, 0.25) is 0 Å². The molecule has 0 rings (SSSR count). The lowest BCUT2D eigenvalue weighted by Crippen LogP contribution is -2.56. The standard InChI is InChI=1S/C11H22N2O3/c1-10(2,4-3-5-12)6-13-11(7-14,8-15)9-16/h13-16H,3-4,6-9H2,1-2H3. The first kappa shape index (κ1) is 15.3. The second-order valence-electron chi connectivity index (χ2n) is 4.93. The molecule has 0 aliphatic rings. The zero-order valence-electron chi connectivity index (χ0n) is 10.0. The van der Waals surface area contributed by atoms with Crippen LogP contribution in [-0.4, -0.2) is 47.2 Å². The summed E-state index contributed by atoms with van der Waals surface area (Å²) >= 11 is 0. The van der Waals surface area contributed by atoms with Gasteiger partial charge in [-0.15, -0.1) is 0 Å². The molecule has 0 aliphatic carbocycles. The molecular weight excluding hydrogens is 208 g/mol. The summed E-state index contributed by atoms with van der Waals surface area (Å²) in [7, 11) is 0. The second-order valence-corrected chi connectivity index (χ2v) is 4.93. The summed E-state index contributed by atoms with van der Waals surface area (Å²) < 4.78 is 0. The van der Waals surface area contributed by atoms with Crippen LogP contribution in [0.4, 0.5) is 0 Å². The van der Waals surface area contributed by atoms with Crippen molar-refractivity contribution in [1.82, 2.24) is 5.32 Å². The van der Waals surface area contributed by atoms with Gasteiger partial charge in [0.05, 0.1) is 31.4 Å². The molecule has 0 fully saturated rings. The highest BCUT2D eigenvalue weighted by Crippen LogP contribution is 2.21. The molecule has 0 atom stereocenters. The summed E-state index contributed by atoms with van der Waals surface area (Å²) in [6.45, 7) is 3.54. The number of aliphatic hydroxyl groups excluding tert-OH is 3. The molecule has 0 saturated heterocycles. The predicted molar refractivity (Wildman–Crippen MR) is 60.6 cm³/mol. The van der Waals surface area contributed by atoms with Crippen LogP contribution in [0.15, 0.2) is 0 Å². The molecule has 0 aromatic rings. The minimum absolute atomic E-state index is 0.111. The third-order valence-electron chi connectivity index (χ3n) is 2.76. The van der Waals surface area contributed by atoms with Crippen molar-refractivity contribution in [3.05, 3.63) is 0 Å². The molecule has 5 heteroatoms. The maximum Gasteiger partial charge on any atom is 0.0881 e. The molecule has 0 aliphatic heterocycles. The van der Waals surface area contributed by atoms with Gasteiger partial charge in [-0.3, -0.25) is 0 Å². The Morgan fingerprint density at radius 1 is 1.12 bits per heavy atom. The van der Waals surface area contributed by atoms with Crippen LogP contribution in [0.1, 0.15) is 26.7 Å². The van der Waals surface area contributed by atoms with E-state index >= 15 is 0 Å². The first-order valence-electron chi connectivity index (χ1n) is 5.40. The van der Waals surface area contributed by atoms with Gasteiger partial charge in [0.1, 0.15) is 0 Å². The van der Waals surface area contributed by atoms with Crippen LogP contribution in [-0.2, 0) is 0 Å². The van der Waals surface area contributed by atoms with E-state index < -0.39 is 5.54 Å². The normalized spacial score (nSPS) is 12.5. The van der Waals surface area contributed by atoms with Crippen molar-refractivity contribution in [2.24, 2.45) is 5.41 Å². The molecule has 94 valence electrons. The number of rotatable bonds is 8. The van der Waals surface area contributed by atoms with Crippen LogP contribution in [0, 0.1) is 16.7 Å². The average Bonchev–Trinajstić information content (AvgIpc) is 2.29. The Hall–Kier alpha value is -0.670. The van der Waals surface area contributed by atoms with Gasteiger partial charge in [-0.1, -0.05) is 13.8 Å². The molecule has 0 unspecified atom stereocenters. The topological polar surface area (TPSA) is 96.5 Å². The smallest absolute Gasteiger partial charge is 0.0881 e. The Kier molecular flexibility index (Phi) is 6.53. The van der Waals surface area contributed by atoms with Crippen molar-refractivity contribution in [2.75, 3.05) is 26.4 Å². The summed E-state index contributed by atoms with van der Waals surface area (Å²) in [6.07, 6.45) is 1.20. The highest BCUT2D eigenvalue weighted by molar-refractivity contribution is 4.89. The molecule has 16 heavy (non-hydrogen) atoms. The fourth-order valence-electron chi connectivity index (χ4n) is 1.23. The number of nitriles is 1. The maximum atomic E-state index is 9.11. The molecule has 0 aromatic carbocycles. The van der Waals surface area contributed by atoms with Crippen LogP contribution < -0.4 is 5.32 Å². The van der Waals surface area contributed by atoms with Gasteiger partial charge in [0, 0.05) is 13.0 Å². The summed E-state index contributed by atoms with van der Waals surface area (Å²) in [4.78, 5) is 0. The van der Waals surface area contributed by atoms with Crippen molar-refractivity contribution in [3.8, 4) is 6.07 Å². The summed E-state index contributed by atoms with van der Waals surface area (Å²) in [5.41, 5.74) is -1.15. The Labute approximate surface area is 96.7 Å². The van der Waals surface area contributed by atoms with E-state index in [1.165, 1.54) is 0 Å².